The third-order valence-electron chi connectivity index (χ3n) is 7.61. The number of likely N-dealkylation sites (tertiary alicyclic amines) is 1. The smallest absolute Gasteiger partial charge is 0.326 e. The number of hydrogen-bond donors (Lipinski definition) is 0. The summed E-state index contributed by atoms with van der Waals surface area (Å²) >= 11 is 7.37. The molecule has 156 valence electrons. The van der Waals surface area contributed by atoms with Gasteiger partial charge in [0, 0.05) is 9.65 Å². The van der Waals surface area contributed by atoms with Crippen molar-refractivity contribution in [3.8, 4) is 0 Å². The van der Waals surface area contributed by atoms with Crippen LogP contribution in [0.5, 0.6) is 0 Å². The Labute approximate surface area is 183 Å². The topological polar surface area (TPSA) is 63.7 Å². The van der Waals surface area contributed by atoms with Crippen molar-refractivity contribution in [1.29, 1.82) is 0 Å². The Hall–Kier alpha value is -0.430. The fraction of sp³-hybridized carbons (Fsp3) is 0.857. The molecule has 0 aromatic heterocycles. The van der Waals surface area contributed by atoms with Gasteiger partial charge in [-0.2, -0.15) is 0 Å². The highest BCUT2D eigenvalue weighted by molar-refractivity contribution is 9.12. The summed E-state index contributed by atoms with van der Waals surface area (Å²) in [6, 6.07) is 0. The Balaban J connectivity index is 1.43. The van der Waals surface area contributed by atoms with E-state index in [9.17, 15) is 14.4 Å². The van der Waals surface area contributed by atoms with Crippen LogP contribution in [0.1, 0.15) is 46.5 Å². The van der Waals surface area contributed by atoms with Crippen LogP contribution in [0.2, 0.25) is 0 Å². The highest BCUT2D eigenvalue weighted by Gasteiger charge is 2.66. The number of alkyl halides is 2. The lowest BCUT2D eigenvalue weighted by Gasteiger charge is -2.36. The van der Waals surface area contributed by atoms with Crippen LogP contribution < -0.4 is 0 Å². The predicted octanol–water partition coefficient (Wildman–Crippen LogP) is 3.77. The summed E-state index contributed by atoms with van der Waals surface area (Å²) in [7, 11) is 0. The lowest BCUT2D eigenvalue weighted by molar-refractivity contribution is -0.162. The van der Waals surface area contributed by atoms with Gasteiger partial charge < -0.3 is 4.74 Å². The van der Waals surface area contributed by atoms with Gasteiger partial charge in [0.05, 0.1) is 11.8 Å². The summed E-state index contributed by atoms with van der Waals surface area (Å²) in [6.45, 7) is 6.29. The summed E-state index contributed by atoms with van der Waals surface area (Å²) in [5.41, 5.74) is 0. The number of carbonyl (C=O) groups excluding carboxylic acids is 3. The van der Waals surface area contributed by atoms with Crippen molar-refractivity contribution in [2.24, 2.45) is 41.4 Å². The van der Waals surface area contributed by atoms with E-state index < -0.39 is 5.97 Å². The van der Waals surface area contributed by atoms with Crippen molar-refractivity contribution < 1.29 is 19.1 Å². The second-order valence-electron chi connectivity index (χ2n) is 9.62. The highest BCUT2D eigenvalue weighted by atomic mass is 79.9. The van der Waals surface area contributed by atoms with Crippen LogP contribution >= 0.6 is 31.9 Å². The molecule has 1 saturated heterocycles. The Bertz CT molecular complexity index is 651. The van der Waals surface area contributed by atoms with Gasteiger partial charge in [-0.3, -0.25) is 19.3 Å². The van der Waals surface area contributed by atoms with Gasteiger partial charge in [-0.15, -0.1) is 0 Å². The molecular weight excluding hydrogens is 490 g/mol. The number of esters is 1. The largest absolute Gasteiger partial charge is 0.461 e. The minimum absolute atomic E-state index is 0.112. The minimum atomic E-state index is -0.440. The van der Waals surface area contributed by atoms with E-state index in [0.717, 1.165) is 25.7 Å². The molecule has 4 aliphatic rings. The molecule has 1 aliphatic heterocycles. The minimum Gasteiger partial charge on any atom is -0.461 e. The molecule has 0 radical (unpaired) electrons. The molecule has 0 aromatic rings. The van der Waals surface area contributed by atoms with Crippen LogP contribution in [0.25, 0.3) is 0 Å². The van der Waals surface area contributed by atoms with Gasteiger partial charge in [-0.05, 0) is 48.9 Å². The molecule has 0 unspecified atom stereocenters. The monoisotopic (exact) mass is 517 g/mol. The van der Waals surface area contributed by atoms with Gasteiger partial charge in [0.25, 0.3) is 0 Å². The average Bonchev–Trinajstić information content (AvgIpc) is 3.22. The number of hydrogen-bond acceptors (Lipinski definition) is 4. The molecule has 3 aliphatic carbocycles. The van der Waals surface area contributed by atoms with Crippen molar-refractivity contribution in [2.75, 3.05) is 6.54 Å². The number of ether oxygens (including phenoxy) is 1. The summed E-state index contributed by atoms with van der Waals surface area (Å²) in [5, 5.41) is 0. The lowest BCUT2D eigenvalue weighted by Crippen LogP contribution is -2.41. The van der Waals surface area contributed by atoms with Gasteiger partial charge in [-0.25, -0.2) is 0 Å². The van der Waals surface area contributed by atoms with Crippen LogP contribution in [-0.2, 0) is 19.1 Å². The first-order chi connectivity index (χ1) is 13.2. The molecule has 5 nitrogen and oxygen atoms in total. The summed E-state index contributed by atoms with van der Waals surface area (Å²) < 4.78 is 5.82. The maximum absolute atomic E-state index is 13.0. The van der Waals surface area contributed by atoms with Crippen molar-refractivity contribution in [1.82, 2.24) is 4.90 Å². The van der Waals surface area contributed by atoms with Gasteiger partial charge in [0.1, 0.15) is 12.6 Å². The summed E-state index contributed by atoms with van der Waals surface area (Å²) in [4.78, 5) is 40.2. The summed E-state index contributed by atoms with van der Waals surface area (Å²) in [6.07, 6.45) is 3.87. The second-order valence-corrected chi connectivity index (χ2v) is 11.7. The van der Waals surface area contributed by atoms with Gasteiger partial charge in [-0.1, -0.05) is 59.1 Å². The molecule has 7 heteroatoms. The predicted molar refractivity (Wildman–Crippen MR) is 112 cm³/mol. The first-order valence-corrected chi connectivity index (χ1v) is 12.4. The molecule has 3 saturated carbocycles. The van der Waals surface area contributed by atoms with E-state index in [1.54, 1.807) is 0 Å². The maximum Gasteiger partial charge on any atom is 0.326 e. The first kappa shape index (κ1) is 20.8. The lowest BCUT2D eigenvalue weighted by atomic mass is 9.75. The van der Waals surface area contributed by atoms with Crippen molar-refractivity contribution in [3.05, 3.63) is 0 Å². The van der Waals surface area contributed by atoms with Crippen LogP contribution in [0.4, 0.5) is 0 Å². The van der Waals surface area contributed by atoms with E-state index >= 15 is 0 Å². The van der Waals surface area contributed by atoms with E-state index in [0.29, 0.717) is 17.8 Å². The van der Waals surface area contributed by atoms with Crippen molar-refractivity contribution >= 4 is 49.6 Å². The molecule has 0 N–H and O–H groups in total. The number of nitrogens with zero attached hydrogens (tertiary/aromatic N) is 1. The van der Waals surface area contributed by atoms with E-state index in [1.165, 1.54) is 4.90 Å². The third kappa shape index (κ3) is 3.28. The van der Waals surface area contributed by atoms with Crippen LogP contribution in [0.3, 0.4) is 0 Å². The number of fused-ring (bicyclic) bond motifs is 5. The van der Waals surface area contributed by atoms with Crippen LogP contribution in [0.15, 0.2) is 0 Å². The van der Waals surface area contributed by atoms with Crippen LogP contribution in [-0.4, -0.2) is 45.0 Å². The van der Waals surface area contributed by atoms with Crippen molar-refractivity contribution in [3.63, 3.8) is 0 Å². The summed E-state index contributed by atoms with van der Waals surface area (Å²) in [5.74, 6) is 0.312. The number of carbonyl (C=O) groups is 3. The Morgan fingerprint density at radius 2 is 1.64 bits per heavy atom. The Morgan fingerprint density at radius 3 is 2.18 bits per heavy atom. The molecule has 2 bridgehead atoms. The van der Waals surface area contributed by atoms with Gasteiger partial charge in [0.15, 0.2) is 0 Å². The standard InChI is InChI=1S/C21H29Br2NO4/c1-9(2)11-5-4-10(3)6-14(11)28-15(25)8-24-20(26)16-12-7-13(17(16)21(24)27)19(23)18(12)22/h9-14,16-19H,4-8H2,1-3H3/t10-,11-,12-,13+,14-,16+,17-,18+,19+/m1/s1. The quantitative estimate of drug-likeness (QED) is 0.323. The average molecular weight is 519 g/mol. The molecule has 28 heavy (non-hydrogen) atoms. The number of imide groups is 1. The number of halogens is 2. The first-order valence-electron chi connectivity index (χ1n) is 10.5. The Kier molecular flexibility index (Phi) is 5.71. The third-order valence-corrected chi connectivity index (χ3v) is 10.8. The second kappa shape index (κ2) is 7.68. The van der Waals surface area contributed by atoms with Crippen molar-refractivity contribution in [2.45, 2.75) is 62.2 Å². The Morgan fingerprint density at radius 1 is 1.07 bits per heavy atom. The zero-order chi connectivity index (χ0) is 20.3. The van der Waals surface area contributed by atoms with Gasteiger partial charge >= 0.3 is 5.97 Å². The van der Waals surface area contributed by atoms with Gasteiger partial charge in [0.2, 0.25) is 11.8 Å². The number of amides is 2. The molecule has 0 spiro atoms. The molecule has 4 rings (SSSR count). The normalized spacial score (nSPS) is 45.1. The zero-order valence-corrected chi connectivity index (χ0v) is 19.8. The SMILES string of the molecule is CC(C)[C@H]1CC[C@@H](C)C[C@H]1OC(=O)CN1C(=O)[C@@H]2[C@@H]3C[C@@H]([C@H](Br)[C@H]3Br)[C@@H]2C1=O. The zero-order valence-electron chi connectivity index (χ0n) is 16.6. The number of rotatable bonds is 4. The molecule has 4 fully saturated rings. The van der Waals surface area contributed by atoms with E-state index in [1.807, 2.05) is 0 Å². The van der Waals surface area contributed by atoms with E-state index in [4.69, 9.17) is 4.74 Å². The molecular formula is C21H29Br2NO4. The maximum atomic E-state index is 13.0. The van der Waals surface area contributed by atoms with E-state index in [-0.39, 0.29) is 57.8 Å². The van der Waals surface area contributed by atoms with E-state index in [2.05, 4.69) is 52.6 Å². The molecule has 9 atom stereocenters. The fourth-order valence-electron chi connectivity index (χ4n) is 6.15. The molecule has 2 amide bonds. The highest BCUT2D eigenvalue weighted by Crippen LogP contribution is 2.60. The molecule has 1 heterocycles. The molecule has 0 aromatic carbocycles. The fourth-order valence-corrected chi connectivity index (χ4v) is 8.03. The van der Waals surface area contributed by atoms with Crippen LogP contribution in [0, 0.1) is 41.4 Å².